The van der Waals surface area contributed by atoms with Crippen LogP contribution in [0.15, 0.2) is 34.6 Å². The fourth-order valence-corrected chi connectivity index (χ4v) is 3.02. The Labute approximate surface area is 168 Å². The third-order valence-corrected chi connectivity index (χ3v) is 4.57. The van der Waals surface area contributed by atoms with Gasteiger partial charge in [0.15, 0.2) is 5.96 Å². The lowest BCUT2D eigenvalue weighted by Gasteiger charge is -2.11. The molecular weight excluding hydrogens is 376 g/mol. The smallest absolute Gasteiger partial charge is 0.251 e. The van der Waals surface area contributed by atoms with Gasteiger partial charge in [0.1, 0.15) is 0 Å². The van der Waals surface area contributed by atoms with Crippen LogP contribution in [0.4, 0.5) is 0 Å². The van der Waals surface area contributed by atoms with Crippen LogP contribution in [0.2, 0.25) is 0 Å². The van der Waals surface area contributed by atoms with E-state index in [0.29, 0.717) is 12.1 Å². The maximum atomic E-state index is 11.9. The number of guanidine groups is 1. The van der Waals surface area contributed by atoms with Gasteiger partial charge in [-0.2, -0.15) is 0 Å². The molecule has 2 aromatic rings. The third kappa shape index (κ3) is 7.36. The molecule has 0 saturated heterocycles. The van der Waals surface area contributed by atoms with E-state index >= 15 is 0 Å². The molecule has 28 heavy (non-hydrogen) atoms. The minimum Gasteiger partial charge on any atom is -0.368 e. The van der Waals surface area contributed by atoms with Crippen LogP contribution < -0.4 is 21.7 Å². The molecule has 0 spiro atoms. The summed E-state index contributed by atoms with van der Waals surface area (Å²) >= 11 is 1.65. The summed E-state index contributed by atoms with van der Waals surface area (Å²) in [7, 11) is 0. The van der Waals surface area contributed by atoms with E-state index in [1.54, 1.807) is 23.5 Å². The summed E-state index contributed by atoms with van der Waals surface area (Å²) < 4.78 is 0. The maximum absolute atomic E-state index is 11.9. The lowest BCUT2D eigenvalue weighted by molar-refractivity contribution is -0.117. The van der Waals surface area contributed by atoms with E-state index in [9.17, 15) is 9.59 Å². The van der Waals surface area contributed by atoms with E-state index in [4.69, 9.17) is 5.73 Å². The van der Waals surface area contributed by atoms with Crippen molar-refractivity contribution in [3.63, 3.8) is 0 Å². The van der Waals surface area contributed by atoms with Crippen LogP contribution >= 0.6 is 11.3 Å². The molecule has 0 atom stereocenters. The maximum Gasteiger partial charge on any atom is 0.251 e. The number of carbonyl (C=O) groups excluding carboxylic acids is 2. The Morgan fingerprint density at radius 3 is 2.54 bits per heavy atom. The number of amides is 2. The molecular formula is C19H26N6O2S. The second-order valence-electron chi connectivity index (χ2n) is 6.08. The van der Waals surface area contributed by atoms with Gasteiger partial charge in [-0.1, -0.05) is 12.1 Å². The highest BCUT2D eigenvalue weighted by Gasteiger charge is 2.06. The lowest BCUT2D eigenvalue weighted by atomic mass is 10.1. The van der Waals surface area contributed by atoms with Crippen molar-refractivity contribution >= 4 is 29.1 Å². The van der Waals surface area contributed by atoms with Gasteiger partial charge >= 0.3 is 0 Å². The Balaban J connectivity index is 1.87. The largest absolute Gasteiger partial charge is 0.368 e. The number of thiazole rings is 1. The molecule has 1 aromatic carbocycles. The highest BCUT2D eigenvalue weighted by Crippen LogP contribution is 2.08. The zero-order valence-electron chi connectivity index (χ0n) is 16.1. The van der Waals surface area contributed by atoms with Crippen LogP contribution in [-0.4, -0.2) is 42.4 Å². The minimum atomic E-state index is -0.576. The molecule has 2 rings (SSSR count). The molecule has 0 radical (unpaired) electrons. The second-order valence-corrected chi connectivity index (χ2v) is 7.14. The van der Waals surface area contributed by atoms with Gasteiger partial charge in [-0.05, 0) is 31.5 Å². The number of aromatic nitrogens is 1. The summed E-state index contributed by atoms with van der Waals surface area (Å²) in [4.78, 5) is 31.6. The van der Waals surface area contributed by atoms with Crippen molar-refractivity contribution in [2.75, 3.05) is 19.6 Å². The SMILES string of the molecule is CCNC(=NCc1ccc(C(=O)NCC(N)=O)cc1)NCCc1csc(C)n1. The van der Waals surface area contributed by atoms with Crippen molar-refractivity contribution in [1.82, 2.24) is 20.9 Å². The number of nitrogens with zero attached hydrogens (tertiary/aromatic N) is 2. The molecule has 0 aliphatic carbocycles. The van der Waals surface area contributed by atoms with Gasteiger partial charge < -0.3 is 21.7 Å². The summed E-state index contributed by atoms with van der Waals surface area (Å²) in [5, 5.41) is 12.1. The Hall–Kier alpha value is -2.94. The Morgan fingerprint density at radius 1 is 1.18 bits per heavy atom. The number of carbonyl (C=O) groups is 2. The first-order valence-electron chi connectivity index (χ1n) is 9.06. The molecule has 1 aromatic heterocycles. The highest BCUT2D eigenvalue weighted by molar-refractivity contribution is 7.09. The Kier molecular flexibility index (Phi) is 8.41. The van der Waals surface area contributed by atoms with Crippen molar-refractivity contribution in [3.05, 3.63) is 51.5 Å². The fraction of sp³-hybridized carbons (Fsp3) is 0.368. The van der Waals surface area contributed by atoms with Crippen LogP contribution in [0.3, 0.4) is 0 Å². The number of aliphatic imine (C=N–C) groups is 1. The highest BCUT2D eigenvalue weighted by atomic mass is 32.1. The van der Waals surface area contributed by atoms with Crippen molar-refractivity contribution in [2.24, 2.45) is 10.7 Å². The fourth-order valence-electron chi connectivity index (χ4n) is 2.38. The standard InChI is InChI=1S/C19H26N6O2S/c1-3-21-19(22-9-8-16-12-28-13(2)25-16)24-10-14-4-6-15(7-5-14)18(27)23-11-17(20)26/h4-7,12H,3,8-11H2,1-2H3,(H2,20,26)(H,23,27)(H2,21,22,24). The summed E-state index contributed by atoms with van der Waals surface area (Å²) in [6, 6.07) is 7.08. The summed E-state index contributed by atoms with van der Waals surface area (Å²) in [6.45, 7) is 5.83. The van der Waals surface area contributed by atoms with Crippen LogP contribution in [0.5, 0.6) is 0 Å². The molecule has 0 aliphatic rings. The number of hydrogen-bond donors (Lipinski definition) is 4. The summed E-state index contributed by atoms with van der Waals surface area (Å²) in [5.41, 5.74) is 7.54. The van der Waals surface area contributed by atoms with Crippen LogP contribution in [0.1, 0.15) is 33.5 Å². The van der Waals surface area contributed by atoms with Crippen molar-refractivity contribution in [3.8, 4) is 0 Å². The van der Waals surface area contributed by atoms with Gasteiger partial charge in [0.2, 0.25) is 5.91 Å². The van der Waals surface area contributed by atoms with Crippen molar-refractivity contribution < 1.29 is 9.59 Å². The average Bonchev–Trinajstić information content (AvgIpc) is 3.09. The molecule has 0 bridgehead atoms. The molecule has 1 heterocycles. The van der Waals surface area contributed by atoms with Gasteiger partial charge in [-0.15, -0.1) is 11.3 Å². The predicted molar refractivity (Wildman–Crippen MR) is 111 cm³/mol. The molecule has 0 fully saturated rings. The third-order valence-electron chi connectivity index (χ3n) is 3.74. The van der Waals surface area contributed by atoms with Crippen molar-refractivity contribution in [1.29, 1.82) is 0 Å². The summed E-state index contributed by atoms with van der Waals surface area (Å²) in [6.07, 6.45) is 0.837. The van der Waals surface area contributed by atoms with Crippen LogP contribution in [0.25, 0.3) is 0 Å². The Morgan fingerprint density at radius 2 is 1.93 bits per heavy atom. The number of aryl methyl sites for hydroxylation is 1. The first-order chi connectivity index (χ1) is 13.5. The predicted octanol–water partition coefficient (Wildman–Crippen LogP) is 0.964. The van der Waals surface area contributed by atoms with E-state index in [1.165, 1.54) is 0 Å². The van der Waals surface area contributed by atoms with Crippen LogP contribution in [0, 0.1) is 6.92 Å². The Bertz CT molecular complexity index is 816. The number of nitrogens with one attached hydrogen (secondary N) is 3. The van der Waals surface area contributed by atoms with E-state index in [-0.39, 0.29) is 12.5 Å². The number of rotatable bonds is 9. The first kappa shape index (κ1) is 21.4. The molecule has 8 nitrogen and oxygen atoms in total. The second kappa shape index (κ2) is 11.0. The topological polar surface area (TPSA) is 122 Å². The molecule has 0 aliphatic heterocycles. The lowest BCUT2D eigenvalue weighted by Crippen LogP contribution is -2.38. The number of nitrogens with two attached hydrogens (primary N) is 1. The van der Waals surface area contributed by atoms with Gasteiger partial charge in [-0.25, -0.2) is 9.98 Å². The normalized spacial score (nSPS) is 11.1. The van der Waals surface area contributed by atoms with E-state index < -0.39 is 5.91 Å². The van der Waals surface area contributed by atoms with Crippen LogP contribution in [-0.2, 0) is 17.8 Å². The monoisotopic (exact) mass is 402 g/mol. The molecule has 9 heteroatoms. The summed E-state index contributed by atoms with van der Waals surface area (Å²) in [5.74, 6) is -0.175. The van der Waals surface area contributed by atoms with Crippen molar-refractivity contribution in [2.45, 2.75) is 26.8 Å². The molecule has 5 N–H and O–H groups in total. The quantitative estimate of drug-likeness (QED) is 0.368. The molecule has 0 saturated carbocycles. The van der Waals surface area contributed by atoms with E-state index in [0.717, 1.165) is 41.7 Å². The number of benzene rings is 1. The minimum absolute atomic E-state index is 0.178. The first-order valence-corrected chi connectivity index (χ1v) is 9.94. The van der Waals surface area contributed by atoms with Gasteiger partial charge in [0, 0.05) is 30.5 Å². The number of primary amides is 1. The molecule has 0 unspecified atom stereocenters. The van der Waals surface area contributed by atoms with Gasteiger partial charge in [-0.3, -0.25) is 9.59 Å². The van der Waals surface area contributed by atoms with Gasteiger partial charge in [0.25, 0.3) is 5.91 Å². The number of hydrogen-bond acceptors (Lipinski definition) is 5. The molecule has 2 amide bonds. The van der Waals surface area contributed by atoms with E-state index in [1.807, 2.05) is 26.0 Å². The van der Waals surface area contributed by atoms with E-state index in [2.05, 4.69) is 31.3 Å². The molecule has 150 valence electrons. The zero-order chi connectivity index (χ0) is 20.4. The van der Waals surface area contributed by atoms with Gasteiger partial charge in [0.05, 0.1) is 23.8 Å². The zero-order valence-corrected chi connectivity index (χ0v) is 16.9. The average molecular weight is 403 g/mol.